The molecule has 2 heterocycles. The Morgan fingerprint density at radius 1 is 1.50 bits per heavy atom. The third-order valence-electron chi connectivity index (χ3n) is 2.76. The molecule has 0 saturated carbocycles. The van der Waals surface area contributed by atoms with Gasteiger partial charge in [0, 0.05) is 31.4 Å². The van der Waals surface area contributed by atoms with Crippen molar-refractivity contribution in [3.05, 3.63) is 29.6 Å². The highest BCUT2D eigenvalue weighted by atomic mass is 16.2. The van der Waals surface area contributed by atoms with Crippen molar-refractivity contribution >= 4 is 5.91 Å². The van der Waals surface area contributed by atoms with Crippen LogP contribution in [-0.2, 0) is 5.41 Å². The Bertz CT molecular complexity index is 385. The fourth-order valence-corrected chi connectivity index (χ4v) is 2.11. The number of carbonyl (C=O) groups excluding carboxylic acids is 1. The van der Waals surface area contributed by atoms with Crippen molar-refractivity contribution in [3.8, 4) is 0 Å². The van der Waals surface area contributed by atoms with E-state index in [0.717, 1.165) is 17.7 Å². The molecule has 1 aromatic rings. The topological polar surface area (TPSA) is 33.2 Å². The lowest BCUT2D eigenvalue weighted by molar-refractivity contribution is 0.0736. The smallest absolute Gasteiger partial charge is 0.255 e. The normalized spacial score (nSPS) is 19.4. The molecule has 74 valence electrons. The van der Waals surface area contributed by atoms with Crippen LogP contribution in [0.3, 0.4) is 0 Å². The van der Waals surface area contributed by atoms with Crippen LogP contribution in [0, 0.1) is 0 Å². The van der Waals surface area contributed by atoms with Crippen molar-refractivity contribution in [2.45, 2.75) is 19.3 Å². The minimum atomic E-state index is 0.0287. The summed E-state index contributed by atoms with van der Waals surface area (Å²) in [6, 6.07) is 1.94. The molecule has 0 atom stereocenters. The van der Waals surface area contributed by atoms with E-state index in [9.17, 15) is 4.79 Å². The molecule has 3 heteroatoms. The van der Waals surface area contributed by atoms with Crippen LogP contribution in [0.1, 0.15) is 29.8 Å². The van der Waals surface area contributed by atoms with Crippen LogP contribution in [-0.4, -0.2) is 29.4 Å². The molecule has 1 aliphatic heterocycles. The van der Waals surface area contributed by atoms with E-state index >= 15 is 0 Å². The standard InChI is InChI=1S/C11H14N2O/c1-11(2)7-13(3)10(14)8-6-12-5-4-9(8)11/h4-6H,7H2,1-3H3. The number of aromatic nitrogens is 1. The van der Waals surface area contributed by atoms with E-state index in [1.807, 2.05) is 13.1 Å². The molecule has 1 amide bonds. The fourth-order valence-electron chi connectivity index (χ4n) is 2.11. The quantitative estimate of drug-likeness (QED) is 0.620. The Morgan fingerprint density at radius 3 is 2.93 bits per heavy atom. The second-order valence-corrected chi connectivity index (χ2v) is 4.47. The molecular formula is C11H14N2O. The number of carbonyl (C=O) groups is 1. The highest BCUT2D eigenvalue weighted by Crippen LogP contribution is 2.31. The van der Waals surface area contributed by atoms with Crippen molar-refractivity contribution in [1.29, 1.82) is 0 Å². The van der Waals surface area contributed by atoms with Crippen LogP contribution in [0.25, 0.3) is 0 Å². The predicted octanol–water partition coefficient (Wildman–Crippen LogP) is 1.44. The van der Waals surface area contributed by atoms with Gasteiger partial charge in [-0.05, 0) is 11.6 Å². The second-order valence-electron chi connectivity index (χ2n) is 4.47. The van der Waals surface area contributed by atoms with Gasteiger partial charge in [0.2, 0.25) is 0 Å². The first-order valence-electron chi connectivity index (χ1n) is 4.72. The maximum absolute atomic E-state index is 11.8. The lowest BCUT2D eigenvalue weighted by atomic mass is 9.79. The number of likely N-dealkylation sites (N-methyl/N-ethyl adjacent to an activating group) is 1. The van der Waals surface area contributed by atoms with Crippen LogP contribution >= 0.6 is 0 Å². The number of amides is 1. The van der Waals surface area contributed by atoms with Crippen LogP contribution in [0.4, 0.5) is 0 Å². The van der Waals surface area contributed by atoms with Gasteiger partial charge in [0.1, 0.15) is 0 Å². The summed E-state index contributed by atoms with van der Waals surface area (Å²) in [5.41, 5.74) is 1.88. The largest absolute Gasteiger partial charge is 0.341 e. The molecule has 1 aromatic heterocycles. The van der Waals surface area contributed by atoms with Crippen LogP contribution in [0.2, 0.25) is 0 Å². The van der Waals surface area contributed by atoms with E-state index in [1.165, 1.54) is 0 Å². The molecule has 3 nitrogen and oxygen atoms in total. The third-order valence-corrected chi connectivity index (χ3v) is 2.76. The zero-order valence-electron chi connectivity index (χ0n) is 8.74. The van der Waals surface area contributed by atoms with Gasteiger partial charge < -0.3 is 4.90 Å². The molecule has 0 N–H and O–H groups in total. The van der Waals surface area contributed by atoms with Gasteiger partial charge in [-0.25, -0.2) is 0 Å². The van der Waals surface area contributed by atoms with Gasteiger partial charge >= 0.3 is 0 Å². The molecule has 0 aliphatic carbocycles. The van der Waals surface area contributed by atoms with Crippen molar-refractivity contribution in [2.75, 3.05) is 13.6 Å². The van der Waals surface area contributed by atoms with E-state index in [4.69, 9.17) is 0 Å². The highest BCUT2D eigenvalue weighted by Gasteiger charge is 2.34. The van der Waals surface area contributed by atoms with E-state index in [0.29, 0.717) is 0 Å². The summed E-state index contributed by atoms with van der Waals surface area (Å²) >= 11 is 0. The molecule has 0 saturated heterocycles. The average Bonchev–Trinajstić information content (AvgIpc) is 2.14. The van der Waals surface area contributed by atoms with Crippen molar-refractivity contribution < 1.29 is 4.79 Å². The molecule has 0 spiro atoms. The van der Waals surface area contributed by atoms with Crippen molar-refractivity contribution in [2.24, 2.45) is 0 Å². The summed E-state index contributed by atoms with van der Waals surface area (Å²) in [5, 5.41) is 0. The number of hydrogen-bond acceptors (Lipinski definition) is 2. The van der Waals surface area contributed by atoms with Gasteiger partial charge in [-0.15, -0.1) is 0 Å². The Labute approximate surface area is 83.8 Å². The van der Waals surface area contributed by atoms with Gasteiger partial charge in [0.15, 0.2) is 0 Å². The summed E-state index contributed by atoms with van der Waals surface area (Å²) < 4.78 is 0. The highest BCUT2D eigenvalue weighted by molar-refractivity contribution is 5.96. The zero-order chi connectivity index (χ0) is 10.3. The fraction of sp³-hybridized carbons (Fsp3) is 0.455. The molecule has 14 heavy (non-hydrogen) atoms. The van der Waals surface area contributed by atoms with Gasteiger partial charge in [-0.1, -0.05) is 13.8 Å². The molecule has 0 fully saturated rings. The average molecular weight is 190 g/mol. The predicted molar refractivity (Wildman–Crippen MR) is 54.2 cm³/mol. The molecular weight excluding hydrogens is 176 g/mol. The van der Waals surface area contributed by atoms with Crippen molar-refractivity contribution in [3.63, 3.8) is 0 Å². The molecule has 2 rings (SSSR count). The summed E-state index contributed by atoms with van der Waals surface area (Å²) in [6.07, 6.45) is 3.41. The number of hydrogen-bond donors (Lipinski definition) is 0. The molecule has 0 radical (unpaired) electrons. The Morgan fingerprint density at radius 2 is 2.21 bits per heavy atom. The lowest BCUT2D eigenvalue weighted by Crippen LogP contribution is -2.44. The SMILES string of the molecule is CN1CC(C)(C)c2ccncc2C1=O. The maximum Gasteiger partial charge on any atom is 0.255 e. The minimum absolute atomic E-state index is 0.0287. The van der Waals surface area contributed by atoms with Crippen LogP contribution in [0.5, 0.6) is 0 Å². The van der Waals surface area contributed by atoms with Crippen LogP contribution in [0.15, 0.2) is 18.5 Å². The molecule has 0 aromatic carbocycles. The maximum atomic E-state index is 11.8. The molecule has 1 aliphatic rings. The van der Waals surface area contributed by atoms with Crippen molar-refractivity contribution in [1.82, 2.24) is 9.88 Å². The number of rotatable bonds is 0. The first-order valence-corrected chi connectivity index (χ1v) is 4.72. The lowest BCUT2D eigenvalue weighted by Gasteiger charge is -2.37. The van der Waals surface area contributed by atoms with E-state index in [1.54, 1.807) is 17.3 Å². The summed E-state index contributed by atoms with van der Waals surface area (Å²) in [6.45, 7) is 5.06. The minimum Gasteiger partial charge on any atom is -0.341 e. The third kappa shape index (κ3) is 1.20. The van der Waals surface area contributed by atoms with Gasteiger partial charge in [-0.2, -0.15) is 0 Å². The van der Waals surface area contributed by atoms with Gasteiger partial charge in [-0.3, -0.25) is 9.78 Å². The summed E-state index contributed by atoms with van der Waals surface area (Å²) in [7, 11) is 1.83. The molecule has 0 bridgehead atoms. The monoisotopic (exact) mass is 190 g/mol. The Kier molecular flexibility index (Phi) is 1.84. The van der Waals surface area contributed by atoms with Crippen LogP contribution < -0.4 is 0 Å². The van der Waals surface area contributed by atoms with Gasteiger partial charge in [0.25, 0.3) is 5.91 Å². The van der Waals surface area contributed by atoms with E-state index in [2.05, 4.69) is 18.8 Å². The number of nitrogens with zero attached hydrogens (tertiary/aromatic N) is 2. The van der Waals surface area contributed by atoms with Gasteiger partial charge in [0.05, 0.1) is 5.56 Å². The first-order chi connectivity index (χ1) is 6.52. The Hall–Kier alpha value is -1.38. The van der Waals surface area contributed by atoms with E-state index < -0.39 is 0 Å². The first kappa shape index (κ1) is 9.19. The Balaban J connectivity index is 2.62. The summed E-state index contributed by atoms with van der Waals surface area (Å²) in [4.78, 5) is 17.5. The molecule has 0 unspecified atom stereocenters. The number of pyridine rings is 1. The van der Waals surface area contributed by atoms with E-state index in [-0.39, 0.29) is 11.3 Å². The zero-order valence-corrected chi connectivity index (χ0v) is 8.74. The second kappa shape index (κ2) is 2.80. The summed E-state index contributed by atoms with van der Waals surface area (Å²) in [5.74, 6) is 0.0763. The number of fused-ring (bicyclic) bond motifs is 1.